The van der Waals surface area contributed by atoms with Crippen LogP contribution in [0.2, 0.25) is 0 Å². The number of carbonyl (C=O) groups is 1. The molecule has 0 amide bonds. The predicted octanol–water partition coefficient (Wildman–Crippen LogP) is 3.76. The summed E-state index contributed by atoms with van der Waals surface area (Å²) in [4.78, 5) is 17.8. The van der Waals surface area contributed by atoms with Crippen molar-refractivity contribution in [1.82, 2.24) is 10.1 Å². The highest BCUT2D eigenvalue weighted by Gasteiger charge is 2.29. The number of aromatic nitrogens is 2. The first-order chi connectivity index (χ1) is 13.0. The maximum atomic E-state index is 15.4. The number of nitrogens with zero attached hydrogens (tertiary/aromatic N) is 3. The molecule has 0 radical (unpaired) electrons. The van der Waals surface area contributed by atoms with Crippen molar-refractivity contribution in [2.24, 2.45) is 0 Å². The Morgan fingerprint density at radius 3 is 2.63 bits per heavy atom. The molecule has 1 saturated heterocycles. The lowest BCUT2D eigenvalue weighted by atomic mass is 10.0. The molecule has 0 aliphatic carbocycles. The Balaban J connectivity index is 1.86. The van der Waals surface area contributed by atoms with Gasteiger partial charge < -0.3 is 14.2 Å². The van der Waals surface area contributed by atoms with Crippen molar-refractivity contribution in [3.63, 3.8) is 0 Å². The summed E-state index contributed by atoms with van der Waals surface area (Å²) in [6, 6.07) is 5.33. The quantitative estimate of drug-likeness (QED) is 0.655. The fourth-order valence-electron chi connectivity index (χ4n) is 3.64. The number of hydrogen-bond donors (Lipinski definition) is 0. The Labute approximate surface area is 155 Å². The minimum absolute atomic E-state index is 0.0398. The molecule has 0 bridgehead atoms. The monoisotopic (exact) mass is 369 g/mol. The summed E-state index contributed by atoms with van der Waals surface area (Å²) in [5, 5.41) is 4.49. The van der Waals surface area contributed by atoms with Gasteiger partial charge >= 0.3 is 0 Å². The minimum Gasteiger partial charge on any atom is -0.372 e. The number of ether oxygens (including phenoxy) is 1. The van der Waals surface area contributed by atoms with E-state index in [1.165, 1.54) is 0 Å². The van der Waals surface area contributed by atoms with Crippen LogP contribution >= 0.6 is 0 Å². The van der Waals surface area contributed by atoms with Gasteiger partial charge in [-0.15, -0.1) is 0 Å². The summed E-state index contributed by atoms with van der Waals surface area (Å²) in [6.07, 6.45) is 2.21. The van der Waals surface area contributed by atoms with Crippen molar-refractivity contribution in [3.8, 4) is 11.3 Å². The minimum atomic E-state index is -0.574. The van der Waals surface area contributed by atoms with Crippen LogP contribution in [0.5, 0.6) is 0 Å². The molecule has 0 spiro atoms. The van der Waals surface area contributed by atoms with E-state index in [9.17, 15) is 4.79 Å². The number of aldehydes is 1. The Kier molecular flexibility index (Phi) is 4.39. The van der Waals surface area contributed by atoms with Gasteiger partial charge in [0.15, 0.2) is 12.1 Å². The van der Waals surface area contributed by atoms with Crippen molar-refractivity contribution in [2.75, 3.05) is 18.0 Å². The first-order valence-corrected chi connectivity index (χ1v) is 8.88. The first-order valence-electron chi connectivity index (χ1n) is 8.88. The van der Waals surface area contributed by atoms with Crippen molar-refractivity contribution in [2.45, 2.75) is 33.0 Å². The number of benzene rings is 1. The van der Waals surface area contributed by atoms with E-state index in [-0.39, 0.29) is 29.0 Å². The first kappa shape index (κ1) is 17.6. The lowest BCUT2D eigenvalue weighted by Crippen LogP contribution is -2.46. The standard InChI is InChI=1S/C20H20FN3O3/c1-11-4-5-14(7-22-11)18-16-6-15(10-25)19(17(21)20(16)27-23-18)24-8-12(2)26-13(3)9-24/h4-7,10,12-13H,8-9H2,1-3H3/t12-,13+. The number of morpholine rings is 1. The lowest BCUT2D eigenvalue weighted by molar-refractivity contribution is -0.00543. The summed E-state index contributed by atoms with van der Waals surface area (Å²) >= 11 is 0. The van der Waals surface area contributed by atoms with Crippen LogP contribution in [-0.2, 0) is 4.74 Å². The van der Waals surface area contributed by atoms with Gasteiger partial charge in [-0.1, -0.05) is 5.16 Å². The van der Waals surface area contributed by atoms with Gasteiger partial charge in [0.25, 0.3) is 0 Å². The van der Waals surface area contributed by atoms with Crippen LogP contribution in [0.15, 0.2) is 28.9 Å². The van der Waals surface area contributed by atoms with Crippen molar-refractivity contribution in [1.29, 1.82) is 0 Å². The van der Waals surface area contributed by atoms with Gasteiger partial charge in [0.2, 0.25) is 5.58 Å². The van der Waals surface area contributed by atoms with Crippen LogP contribution in [-0.4, -0.2) is 41.7 Å². The maximum Gasteiger partial charge on any atom is 0.205 e. The SMILES string of the molecule is Cc1ccc(-c2noc3c(F)c(N4C[C@@H](C)O[C@@H](C)C4)c(C=O)cc23)cn1. The molecule has 3 heterocycles. The number of rotatable bonds is 3. The van der Waals surface area contributed by atoms with E-state index >= 15 is 4.39 Å². The van der Waals surface area contributed by atoms with E-state index in [1.807, 2.05) is 37.8 Å². The molecular weight excluding hydrogens is 349 g/mol. The molecule has 0 N–H and O–H groups in total. The van der Waals surface area contributed by atoms with E-state index < -0.39 is 5.82 Å². The molecule has 1 aliphatic heterocycles. The molecule has 2 aromatic heterocycles. The Hall–Kier alpha value is -2.80. The third-order valence-electron chi connectivity index (χ3n) is 4.76. The molecule has 7 heteroatoms. The van der Waals surface area contributed by atoms with Gasteiger partial charge in [-0.05, 0) is 39.0 Å². The van der Waals surface area contributed by atoms with E-state index in [0.717, 1.165) is 5.69 Å². The number of aryl methyl sites for hydroxylation is 1. The normalized spacial score (nSPS) is 20.2. The molecular formula is C20H20FN3O3. The Morgan fingerprint density at radius 2 is 2.00 bits per heavy atom. The average molecular weight is 369 g/mol. The summed E-state index contributed by atoms with van der Waals surface area (Å²) in [6.45, 7) is 6.73. The van der Waals surface area contributed by atoms with E-state index in [0.29, 0.717) is 36.0 Å². The molecule has 27 heavy (non-hydrogen) atoms. The van der Waals surface area contributed by atoms with Crippen LogP contribution in [0, 0.1) is 12.7 Å². The number of fused-ring (bicyclic) bond motifs is 1. The number of carbonyl (C=O) groups excluding carboxylic acids is 1. The largest absolute Gasteiger partial charge is 0.372 e. The average Bonchev–Trinajstić information content (AvgIpc) is 3.05. The second kappa shape index (κ2) is 6.74. The number of hydrogen-bond acceptors (Lipinski definition) is 6. The summed E-state index contributed by atoms with van der Waals surface area (Å²) in [5.41, 5.74) is 2.59. The van der Waals surface area contributed by atoms with Gasteiger partial charge in [-0.2, -0.15) is 0 Å². The molecule has 1 fully saturated rings. The topological polar surface area (TPSA) is 68.5 Å². The molecule has 3 aromatic rings. The van der Waals surface area contributed by atoms with Gasteiger partial charge in [-0.25, -0.2) is 4.39 Å². The molecule has 6 nitrogen and oxygen atoms in total. The van der Waals surface area contributed by atoms with Gasteiger partial charge in [0.05, 0.1) is 23.3 Å². The third-order valence-corrected chi connectivity index (χ3v) is 4.76. The molecule has 140 valence electrons. The summed E-state index contributed by atoms with van der Waals surface area (Å²) in [7, 11) is 0. The molecule has 2 atom stereocenters. The second-order valence-corrected chi connectivity index (χ2v) is 7.00. The molecule has 1 aromatic carbocycles. The van der Waals surface area contributed by atoms with Gasteiger partial charge in [-0.3, -0.25) is 9.78 Å². The molecule has 0 unspecified atom stereocenters. The Morgan fingerprint density at radius 1 is 1.26 bits per heavy atom. The zero-order chi connectivity index (χ0) is 19.1. The molecule has 0 saturated carbocycles. The van der Waals surface area contributed by atoms with Crippen LogP contribution in [0.25, 0.3) is 22.2 Å². The van der Waals surface area contributed by atoms with Crippen LogP contribution in [0.1, 0.15) is 29.9 Å². The third kappa shape index (κ3) is 3.08. The summed E-state index contributed by atoms with van der Waals surface area (Å²) in [5.74, 6) is -0.574. The van der Waals surface area contributed by atoms with Crippen LogP contribution in [0.3, 0.4) is 0 Å². The highest BCUT2D eigenvalue weighted by Crippen LogP contribution is 2.36. The highest BCUT2D eigenvalue weighted by molar-refractivity contribution is 6.00. The number of pyridine rings is 1. The highest BCUT2D eigenvalue weighted by atomic mass is 19.1. The second-order valence-electron chi connectivity index (χ2n) is 7.00. The van der Waals surface area contributed by atoms with Crippen LogP contribution < -0.4 is 4.90 Å². The van der Waals surface area contributed by atoms with E-state index in [2.05, 4.69) is 10.1 Å². The number of anilines is 1. The van der Waals surface area contributed by atoms with Gasteiger partial charge in [0.1, 0.15) is 5.69 Å². The van der Waals surface area contributed by atoms with Gasteiger partial charge in [0, 0.05) is 36.1 Å². The lowest BCUT2D eigenvalue weighted by Gasteiger charge is -2.37. The zero-order valence-corrected chi connectivity index (χ0v) is 15.4. The smallest absolute Gasteiger partial charge is 0.205 e. The molecule has 4 rings (SSSR count). The van der Waals surface area contributed by atoms with Crippen LogP contribution in [0.4, 0.5) is 10.1 Å². The van der Waals surface area contributed by atoms with E-state index in [4.69, 9.17) is 9.26 Å². The molecule has 1 aliphatic rings. The Bertz CT molecular complexity index is 990. The van der Waals surface area contributed by atoms with Crippen molar-refractivity contribution in [3.05, 3.63) is 41.5 Å². The zero-order valence-electron chi connectivity index (χ0n) is 15.4. The number of halogens is 1. The van der Waals surface area contributed by atoms with Crippen molar-refractivity contribution < 1.29 is 18.4 Å². The predicted molar refractivity (Wildman–Crippen MR) is 99.5 cm³/mol. The maximum absolute atomic E-state index is 15.4. The fourth-order valence-corrected chi connectivity index (χ4v) is 3.64. The van der Waals surface area contributed by atoms with E-state index in [1.54, 1.807) is 12.3 Å². The summed E-state index contributed by atoms with van der Waals surface area (Å²) < 4.78 is 26.4. The van der Waals surface area contributed by atoms with Crippen molar-refractivity contribution >= 4 is 22.9 Å². The fraction of sp³-hybridized carbons (Fsp3) is 0.350.